The Bertz CT molecular complexity index is 1870. The first-order chi connectivity index (χ1) is 21.5. The van der Waals surface area contributed by atoms with Crippen molar-refractivity contribution in [3.05, 3.63) is 94.8 Å². The van der Waals surface area contributed by atoms with E-state index in [9.17, 15) is 32.3 Å². The van der Waals surface area contributed by atoms with E-state index in [1.54, 1.807) is 42.5 Å². The van der Waals surface area contributed by atoms with Crippen molar-refractivity contribution in [1.82, 2.24) is 0 Å². The van der Waals surface area contributed by atoms with Crippen LogP contribution in [0.1, 0.15) is 44.7 Å². The number of rotatable bonds is 7. The van der Waals surface area contributed by atoms with Crippen LogP contribution in [0.5, 0.6) is 5.75 Å². The molecule has 1 heterocycles. The highest BCUT2D eigenvalue weighted by Crippen LogP contribution is 2.42. The Hall–Kier alpha value is -4.97. The van der Waals surface area contributed by atoms with Gasteiger partial charge in [-0.25, -0.2) is 4.39 Å². The second-order valence-corrected chi connectivity index (χ2v) is 11.1. The molecule has 12 heteroatoms. The fraction of sp³-hybridized carbons (Fsp3) is 0.242. The maximum Gasteiger partial charge on any atom is 0.419 e. The third-order valence-electron chi connectivity index (χ3n) is 8.34. The summed E-state index contributed by atoms with van der Waals surface area (Å²) in [7, 11) is 1.39. The minimum absolute atomic E-state index is 0.00490. The maximum atomic E-state index is 14.2. The Morgan fingerprint density at radius 2 is 1.82 bits per heavy atom. The van der Waals surface area contributed by atoms with Crippen LogP contribution in [0, 0.1) is 17.7 Å². The summed E-state index contributed by atoms with van der Waals surface area (Å²) in [6.45, 7) is 0.0330. The Labute approximate surface area is 254 Å². The number of fused-ring (bicyclic) bond motifs is 2. The van der Waals surface area contributed by atoms with Gasteiger partial charge in [0.25, 0.3) is 11.8 Å². The van der Waals surface area contributed by atoms with E-state index >= 15 is 0 Å². The number of halogens is 4. The highest BCUT2D eigenvalue weighted by molar-refractivity contribution is 6.18. The van der Waals surface area contributed by atoms with Crippen LogP contribution in [0.3, 0.4) is 0 Å². The summed E-state index contributed by atoms with van der Waals surface area (Å²) in [5.41, 5.74) is 5.18. The lowest BCUT2D eigenvalue weighted by Crippen LogP contribution is -2.21. The van der Waals surface area contributed by atoms with Crippen LogP contribution in [0.15, 0.2) is 71.9 Å². The number of methoxy groups -OCH3 is 1. The largest absolute Gasteiger partial charge is 0.496 e. The van der Waals surface area contributed by atoms with E-state index in [4.69, 9.17) is 15.3 Å². The van der Waals surface area contributed by atoms with Crippen LogP contribution in [-0.2, 0) is 11.0 Å². The van der Waals surface area contributed by atoms with Crippen molar-refractivity contribution in [3.8, 4) is 16.9 Å². The van der Waals surface area contributed by atoms with Gasteiger partial charge in [0.15, 0.2) is 0 Å². The highest BCUT2D eigenvalue weighted by Gasteiger charge is 2.43. The quantitative estimate of drug-likeness (QED) is 0.214. The summed E-state index contributed by atoms with van der Waals surface area (Å²) in [5, 5.41) is 17.4. The number of nitrogens with zero attached hydrogens (tertiary/aromatic N) is 1. The molecule has 4 aromatic rings. The number of hydrogen-bond acceptors (Lipinski definition) is 6. The number of nitrogens with two attached hydrogens (primary N) is 1. The first kappa shape index (κ1) is 30.1. The minimum Gasteiger partial charge on any atom is -0.496 e. The number of carbonyl (C=O) groups is 2. The Morgan fingerprint density at radius 3 is 2.53 bits per heavy atom. The monoisotopic (exact) mass is 621 g/mol. The molecule has 3 unspecified atom stereocenters. The molecule has 0 bridgehead atoms. The molecule has 3 atom stereocenters. The van der Waals surface area contributed by atoms with E-state index in [0.717, 1.165) is 6.07 Å². The van der Waals surface area contributed by atoms with Crippen molar-refractivity contribution in [3.63, 3.8) is 0 Å². The number of ether oxygens (including phenoxy) is 1. The molecule has 1 aliphatic heterocycles. The second kappa shape index (κ2) is 11.5. The third kappa shape index (κ3) is 5.46. The molecule has 0 saturated heterocycles. The van der Waals surface area contributed by atoms with Crippen molar-refractivity contribution in [2.45, 2.75) is 25.1 Å². The fourth-order valence-corrected chi connectivity index (χ4v) is 6.25. The van der Waals surface area contributed by atoms with E-state index in [1.165, 1.54) is 13.2 Å². The average molecular weight is 622 g/mol. The molecule has 4 aromatic carbocycles. The molecule has 8 nitrogen and oxygen atoms in total. The zero-order valence-corrected chi connectivity index (χ0v) is 23.8. The van der Waals surface area contributed by atoms with Gasteiger partial charge in [0.05, 0.1) is 35.2 Å². The molecule has 0 radical (unpaired) electrons. The molecule has 1 fully saturated rings. The minimum atomic E-state index is -5.00. The topological polar surface area (TPSA) is 123 Å². The molecule has 0 aromatic heterocycles. The lowest BCUT2D eigenvalue weighted by molar-refractivity contribution is -0.139. The molecule has 2 amide bonds. The number of hydrogen-bond donors (Lipinski definition) is 3. The van der Waals surface area contributed by atoms with E-state index in [-0.39, 0.29) is 58.2 Å². The van der Waals surface area contributed by atoms with Crippen LogP contribution in [0.2, 0.25) is 0 Å². The fourth-order valence-electron chi connectivity index (χ4n) is 6.25. The Balaban J connectivity index is 1.45. The Kier molecular flexibility index (Phi) is 7.69. The lowest BCUT2D eigenvalue weighted by Gasteiger charge is -2.19. The smallest absolute Gasteiger partial charge is 0.419 e. The highest BCUT2D eigenvalue weighted by atomic mass is 19.4. The summed E-state index contributed by atoms with van der Waals surface area (Å²) < 4.78 is 60.6. The number of aliphatic hydroxyl groups is 1. The van der Waals surface area contributed by atoms with Gasteiger partial charge in [-0.1, -0.05) is 35.5 Å². The lowest BCUT2D eigenvalue weighted by atomic mass is 9.90. The van der Waals surface area contributed by atoms with Gasteiger partial charge in [-0.2, -0.15) is 13.2 Å². The summed E-state index contributed by atoms with van der Waals surface area (Å²) >= 11 is 0. The standard InChI is InChI=1S/C33H27F4N3O5/c1-44-26-9-7-19(30-21-10-16(15-41)11-27(21)45-40-30)12-22(26)32(43)39-25-14-17-4-2-3-5-20(17)28(29(25)31(38)42)18-6-8-24(34)23(13-18)33(35,36)37/h2-9,12-14,16,21,27,41H,10-11,15H2,1H3,(H2,38,42)(H,39,43). The summed E-state index contributed by atoms with van der Waals surface area (Å²) in [5.74, 6) is -2.96. The average Bonchev–Trinajstić information content (AvgIpc) is 3.60. The van der Waals surface area contributed by atoms with Crippen LogP contribution < -0.4 is 15.8 Å². The number of oxime groups is 1. The molecule has 1 saturated carbocycles. The van der Waals surface area contributed by atoms with Crippen molar-refractivity contribution in [2.75, 3.05) is 19.0 Å². The van der Waals surface area contributed by atoms with Gasteiger partial charge >= 0.3 is 6.18 Å². The molecule has 4 N–H and O–H groups in total. The molecule has 232 valence electrons. The second-order valence-electron chi connectivity index (χ2n) is 11.1. The first-order valence-corrected chi connectivity index (χ1v) is 14.1. The predicted octanol–water partition coefficient (Wildman–Crippen LogP) is 6.15. The molecule has 0 spiro atoms. The zero-order valence-electron chi connectivity index (χ0n) is 23.8. The van der Waals surface area contributed by atoms with E-state index in [2.05, 4.69) is 10.5 Å². The van der Waals surface area contributed by atoms with Gasteiger partial charge in [-0.05, 0) is 71.5 Å². The molecule has 45 heavy (non-hydrogen) atoms. The number of primary amides is 1. The normalized spacial score (nSPS) is 19.2. The molecular formula is C33H27F4N3O5. The first-order valence-electron chi connectivity index (χ1n) is 14.1. The van der Waals surface area contributed by atoms with E-state index < -0.39 is 29.4 Å². The zero-order chi connectivity index (χ0) is 32.0. The van der Waals surface area contributed by atoms with Crippen molar-refractivity contribution < 1.29 is 41.8 Å². The number of carbonyl (C=O) groups excluding carboxylic acids is 2. The molecule has 2 aliphatic rings. The van der Waals surface area contributed by atoms with Crippen molar-refractivity contribution >= 4 is 34.0 Å². The number of anilines is 1. The molecule has 1 aliphatic carbocycles. The van der Waals surface area contributed by atoms with Crippen molar-refractivity contribution in [2.24, 2.45) is 22.7 Å². The number of benzene rings is 4. The van der Waals surface area contributed by atoms with Gasteiger partial charge in [0, 0.05) is 23.7 Å². The van der Waals surface area contributed by atoms with E-state index in [0.29, 0.717) is 47.0 Å². The van der Waals surface area contributed by atoms with Gasteiger partial charge in [-0.15, -0.1) is 0 Å². The van der Waals surface area contributed by atoms with Crippen LogP contribution in [0.4, 0.5) is 23.2 Å². The number of nitrogens with one attached hydrogen (secondary N) is 1. The van der Waals surface area contributed by atoms with Gasteiger partial charge in [0.1, 0.15) is 17.7 Å². The van der Waals surface area contributed by atoms with Gasteiger partial charge in [-0.3, -0.25) is 9.59 Å². The number of amides is 2. The van der Waals surface area contributed by atoms with E-state index in [1.807, 2.05) is 0 Å². The summed E-state index contributed by atoms with van der Waals surface area (Å²) in [6, 6.07) is 15.4. The Morgan fingerprint density at radius 1 is 1.07 bits per heavy atom. The predicted molar refractivity (Wildman–Crippen MR) is 159 cm³/mol. The summed E-state index contributed by atoms with van der Waals surface area (Å²) in [6.07, 6.45) is -3.83. The molecule has 6 rings (SSSR count). The van der Waals surface area contributed by atoms with Gasteiger partial charge < -0.3 is 25.7 Å². The van der Waals surface area contributed by atoms with Gasteiger partial charge in [0.2, 0.25) is 0 Å². The van der Waals surface area contributed by atoms with Crippen molar-refractivity contribution in [1.29, 1.82) is 0 Å². The van der Waals surface area contributed by atoms with Crippen LogP contribution in [0.25, 0.3) is 21.9 Å². The summed E-state index contributed by atoms with van der Waals surface area (Å²) in [4.78, 5) is 32.4. The maximum absolute atomic E-state index is 14.2. The van der Waals surface area contributed by atoms with Crippen LogP contribution >= 0.6 is 0 Å². The number of aliphatic hydroxyl groups excluding tert-OH is 1. The molecular weight excluding hydrogens is 594 g/mol. The SMILES string of the molecule is COc1ccc(C2=NOC3CC(CO)CC23)cc1C(=O)Nc1cc2ccccc2c(-c2ccc(F)c(C(F)(F)F)c2)c1C(N)=O. The van der Waals surface area contributed by atoms with Crippen LogP contribution in [-0.4, -0.2) is 42.5 Å². The number of alkyl halides is 3. The third-order valence-corrected chi connectivity index (χ3v) is 8.34.